The Kier molecular flexibility index (Phi) is 3.58. The zero-order chi connectivity index (χ0) is 13.1. The standard InChI is InChI=1S/C11H12F2N4O/c1-15-10-8(12)4-9(13)11(16-10)17-2-3-18-7(5-14)6-17/h4,7H,2-3,6H2,1H3,(H,15,16). The maximum Gasteiger partial charge on any atom is 0.168 e. The second-order valence-corrected chi connectivity index (χ2v) is 3.81. The van der Waals surface area contributed by atoms with Crippen LogP contribution in [0.25, 0.3) is 0 Å². The van der Waals surface area contributed by atoms with Gasteiger partial charge in [-0.05, 0) is 0 Å². The summed E-state index contributed by atoms with van der Waals surface area (Å²) < 4.78 is 32.1. The second kappa shape index (κ2) is 5.14. The zero-order valence-corrected chi connectivity index (χ0v) is 9.78. The van der Waals surface area contributed by atoms with E-state index in [1.807, 2.05) is 6.07 Å². The molecule has 1 fully saturated rings. The number of hydrogen-bond donors (Lipinski definition) is 1. The smallest absolute Gasteiger partial charge is 0.168 e. The SMILES string of the molecule is CNc1nc(N2CCOC(C#N)C2)c(F)cc1F. The zero-order valence-electron chi connectivity index (χ0n) is 9.78. The van der Waals surface area contributed by atoms with Crippen LogP contribution in [0.1, 0.15) is 0 Å². The molecule has 1 saturated heterocycles. The Bertz CT molecular complexity index is 489. The average molecular weight is 254 g/mol. The second-order valence-electron chi connectivity index (χ2n) is 3.81. The topological polar surface area (TPSA) is 61.2 Å². The van der Waals surface area contributed by atoms with Gasteiger partial charge in [-0.15, -0.1) is 0 Å². The first-order valence-electron chi connectivity index (χ1n) is 5.45. The molecule has 1 N–H and O–H groups in total. The van der Waals surface area contributed by atoms with Gasteiger partial charge in [-0.25, -0.2) is 13.8 Å². The molecule has 1 aromatic heterocycles. The third-order valence-electron chi connectivity index (χ3n) is 2.66. The lowest BCUT2D eigenvalue weighted by Crippen LogP contribution is -2.42. The molecule has 1 aromatic rings. The van der Waals surface area contributed by atoms with Gasteiger partial charge in [-0.3, -0.25) is 0 Å². The van der Waals surface area contributed by atoms with E-state index in [2.05, 4.69) is 10.3 Å². The largest absolute Gasteiger partial charge is 0.371 e. The molecule has 5 nitrogen and oxygen atoms in total. The summed E-state index contributed by atoms with van der Waals surface area (Å²) in [6.07, 6.45) is -0.622. The van der Waals surface area contributed by atoms with E-state index in [0.717, 1.165) is 6.07 Å². The van der Waals surface area contributed by atoms with E-state index in [9.17, 15) is 8.78 Å². The molecule has 0 aromatic carbocycles. The number of aromatic nitrogens is 1. The molecule has 0 radical (unpaired) electrons. The first-order valence-corrected chi connectivity index (χ1v) is 5.45. The van der Waals surface area contributed by atoms with Crippen LogP contribution in [-0.4, -0.2) is 37.8 Å². The van der Waals surface area contributed by atoms with Crippen molar-refractivity contribution in [3.8, 4) is 6.07 Å². The Morgan fingerprint density at radius 1 is 1.56 bits per heavy atom. The maximum atomic E-state index is 13.7. The normalized spacial score (nSPS) is 19.4. The minimum atomic E-state index is -0.746. The van der Waals surface area contributed by atoms with Crippen molar-refractivity contribution in [2.45, 2.75) is 6.10 Å². The Morgan fingerprint density at radius 3 is 3.00 bits per heavy atom. The summed E-state index contributed by atoms with van der Waals surface area (Å²) in [4.78, 5) is 5.46. The molecule has 1 aliphatic heterocycles. The van der Waals surface area contributed by atoms with Crippen LogP contribution in [0.2, 0.25) is 0 Å². The molecule has 18 heavy (non-hydrogen) atoms. The summed E-state index contributed by atoms with van der Waals surface area (Å²) in [6, 6.07) is 2.74. The van der Waals surface area contributed by atoms with Crippen molar-refractivity contribution in [1.82, 2.24) is 4.98 Å². The summed E-state index contributed by atoms with van der Waals surface area (Å²) in [6.45, 7) is 0.942. The Morgan fingerprint density at radius 2 is 2.33 bits per heavy atom. The van der Waals surface area contributed by atoms with Gasteiger partial charge < -0.3 is 15.0 Å². The predicted molar refractivity (Wildman–Crippen MR) is 61.3 cm³/mol. The molecule has 7 heteroatoms. The molecular formula is C11H12F2N4O. The van der Waals surface area contributed by atoms with Crippen LogP contribution in [0.5, 0.6) is 0 Å². The molecule has 0 spiro atoms. The molecule has 1 aliphatic rings. The molecular weight excluding hydrogens is 242 g/mol. The lowest BCUT2D eigenvalue weighted by atomic mass is 10.2. The average Bonchev–Trinajstić information content (AvgIpc) is 2.39. The number of nitriles is 1. The third kappa shape index (κ3) is 2.33. The fourth-order valence-electron chi connectivity index (χ4n) is 1.77. The summed E-state index contributed by atoms with van der Waals surface area (Å²) in [5.74, 6) is -1.48. The van der Waals surface area contributed by atoms with Crippen molar-refractivity contribution in [1.29, 1.82) is 5.26 Å². The Balaban J connectivity index is 2.30. The number of anilines is 2. The molecule has 1 unspecified atom stereocenters. The van der Waals surface area contributed by atoms with Crippen LogP contribution in [0, 0.1) is 23.0 Å². The fourth-order valence-corrected chi connectivity index (χ4v) is 1.77. The van der Waals surface area contributed by atoms with E-state index < -0.39 is 17.7 Å². The van der Waals surface area contributed by atoms with Crippen LogP contribution < -0.4 is 10.2 Å². The van der Waals surface area contributed by atoms with E-state index >= 15 is 0 Å². The number of halogens is 2. The minimum absolute atomic E-state index is 0.0219. The lowest BCUT2D eigenvalue weighted by Gasteiger charge is -2.31. The highest BCUT2D eigenvalue weighted by molar-refractivity contribution is 5.49. The molecule has 2 heterocycles. The summed E-state index contributed by atoms with van der Waals surface area (Å²) >= 11 is 0. The quantitative estimate of drug-likeness (QED) is 0.857. The predicted octanol–water partition coefficient (Wildman–Crippen LogP) is 1.13. The molecule has 0 saturated carbocycles. The minimum Gasteiger partial charge on any atom is -0.371 e. The van der Waals surface area contributed by atoms with Crippen molar-refractivity contribution in [3.63, 3.8) is 0 Å². The summed E-state index contributed by atoms with van der Waals surface area (Å²) in [5.41, 5.74) is 0. The van der Waals surface area contributed by atoms with E-state index in [1.165, 1.54) is 7.05 Å². The molecule has 0 amide bonds. The van der Waals surface area contributed by atoms with Gasteiger partial charge in [0.05, 0.1) is 19.2 Å². The van der Waals surface area contributed by atoms with Crippen molar-refractivity contribution < 1.29 is 13.5 Å². The Labute approximate surface area is 103 Å². The van der Waals surface area contributed by atoms with Crippen molar-refractivity contribution in [2.24, 2.45) is 0 Å². The van der Waals surface area contributed by atoms with Gasteiger partial charge in [0.1, 0.15) is 0 Å². The highest BCUT2D eigenvalue weighted by atomic mass is 19.1. The van der Waals surface area contributed by atoms with Crippen LogP contribution in [0.4, 0.5) is 20.4 Å². The van der Waals surface area contributed by atoms with Crippen LogP contribution >= 0.6 is 0 Å². The Hall–Kier alpha value is -1.94. The van der Waals surface area contributed by atoms with Gasteiger partial charge >= 0.3 is 0 Å². The van der Waals surface area contributed by atoms with Crippen molar-refractivity contribution >= 4 is 11.6 Å². The monoisotopic (exact) mass is 254 g/mol. The number of hydrogen-bond acceptors (Lipinski definition) is 5. The van der Waals surface area contributed by atoms with Gasteiger partial charge in [0, 0.05) is 19.7 Å². The highest BCUT2D eigenvalue weighted by Crippen LogP contribution is 2.23. The van der Waals surface area contributed by atoms with Gasteiger partial charge in [-0.1, -0.05) is 0 Å². The molecule has 0 bridgehead atoms. The number of morpholine rings is 1. The fraction of sp³-hybridized carbons (Fsp3) is 0.455. The number of ether oxygens (including phenoxy) is 1. The number of nitrogens with one attached hydrogen (secondary N) is 1. The van der Waals surface area contributed by atoms with Gasteiger partial charge in [0.15, 0.2) is 29.4 Å². The highest BCUT2D eigenvalue weighted by Gasteiger charge is 2.24. The van der Waals surface area contributed by atoms with Crippen LogP contribution in [-0.2, 0) is 4.74 Å². The van der Waals surface area contributed by atoms with Gasteiger partial charge in [0.25, 0.3) is 0 Å². The molecule has 2 rings (SSSR count). The number of rotatable bonds is 2. The first kappa shape index (κ1) is 12.5. The summed E-state index contributed by atoms with van der Waals surface area (Å²) in [5, 5.41) is 11.3. The van der Waals surface area contributed by atoms with Crippen LogP contribution in [0.15, 0.2) is 6.07 Å². The number of pyridine rings is 1. The molecule has 0 aliphatic carbocycles. The lowest BCUT2D eigenvalue weighted by molar-refractivity contribution is 0.0759. The first-order chi connectivity index (χ1) is 8.65. The maximum absolute atomic E-state index is 13.7. The molecule has 1 atom stereocenters. The van der Waals surface area contributed by atoms with Crippen molar-refractivity contribution in [2.75, 3.05) is 37.0 Å². The van der Waals surface area contributed by atoms with Gasteiger partial charge in [-0.2, -0.15) is 5.26 Å². The van der Waals surface area contributed by atoms with Gasteiger partial charge in [0.2, 0.25) is 0 Å². The summed E-state index contributed by atoms with van der Waals surface area (Å²) in [7, 11) is 1.50. The van der Waals surface area contributed by atoms with E-state index in [4.69, 9.17) is 10.00 Å². The molecule has 96 valence electrons. The van der Waals surface area contributed by atoms with Crippen molar-refractivity contribution in [3.05, 3.63) is 17.7 Å². The third-order valence-corrected chi connectivity index (χ3v) is 2.66. The van der Waals surface area contributed by atoms with E-state index in [0.29, 0.717) is 13.2 Å². The van der Waals surface area contributed by atoms with Crippen LogP contribution in [0.3, 0.4) is 0 Å². The van der Waals surface area contributed by atoms with E-state index in [1.54, 1.807) is 4.90 Å². The van der Waals surface area contributed by atoms with E-state index in [-0.39, 0.29) is 18.2 Å². The number of nitrogens with zero attached hydrogens (tertiary/aromatic N) is 3.